The van der Waals surface area contributed by atoms with Gasteiger partial charge in [-0.05, 0) is 42.0 Å². The minimum atomic E-state index is -0.256. The molecule has 4 nitrogen and oxygen atoms in total. The Labute approximate surface area is 169 Å². The summed E-state index contributed by atoms with van der Waals surface area (Å²) in [5.74, 6) is -0.269. The number of hydrogen-bond acceptors (Lipinski definition) is 3. The largest absolute Gasteiger partial charge is 0.374 e. The molecule has 2 N–H and O–H groups in total. The Morgan fingerprint density at radius 3 is 2.93 bits per heavy atom. The van der Waals surface area contributed by atoms with Crippen molar-refractivity contribution < 1.29 is 4.79 Å². The number of aryl methyl sites for hydroxylation is 1. The average molecular weight is 390 g/mol. The van der Waals surface area contributed by atoms with Crippen molar-refractivity contribution in [3.05, 3.63) is 65.4 Å². The monoisotopic (exact) mass is 389 g/mol. The topological polar surface area (TPSA) is 48.1 Å². The second-order valence-electron chi connectivity index (χ2n) is 7.88. The van der Waals surface area contributed by atoms with Gasteiger partial charge in [-0.3, -0.25) is 4.79 Å². The van der Waals surface area contributed by atoms with Gasteiger partial charge in [-0.2, -0.15) is 0 Å². The SMILES string of the molecule is CN1CCCc2cccc(C[C@H]3C(=S)NC(=O)[C@@H]3c3c[nH]c4ccccc34)c21. The van der Waals surface area contributed by atoms with Crippen LogP contribution in [0.15, 0.2) is 48.7 Å². The van der Waals surface area contributed by atoms with E-state index in [1.165, 1.54) is 23.2 Å². The summed E-state index contributed by atoms with van der Waals surface area (Å²) in [6.45, 7) is 1.07. The summed E-state index contributed by atoms with van der Waals surface area (Å²) in [4.78, 5) is 19.2. The van der Waals surface area contributed by atoms with Crippen molar-refractivity contribution >= 4 is 39.7 Å². The van der Waals surface area contributed by atoms with Crippen LogP contribution in [-0.4, -0.2) is 29.5 Å². The molecule has 2 aliphatic rings. The highest BCUT2D eigenvalue weighted by Gasteiger charge is 2.41. The van der Waals surface area contributed by atoms with Gasteiger partial charge >= 0.3 is 0 Å². The normalized spacial score (nSPS) is 21.8. The van der Waals surface area contributed by atoms with E-state index in [4.69, 9.17) is 12.2 Å². The molecule has 0 bridgehead atoms. The predicted octanol–water partition coefficient (Wildman–Crippen LogP) is 3.95. The first-order valence-corrected chi connectivity index (χ1v) is 10.3. The van der Waals surface area contributed by atoms with Crippen LogP contribution in [-0.2, 0) is 17.6 Å². The Bertz CT molecular complexity index is 1090. The molecule has 2 atom stereocenters. The van der Waals surface area contributed by atoms with Gasteiger partial charge in [0.05, 0.1) is 10.9 Å². The number of rotatable bonds is 3. The molecule has 2 aromatic carbocycles. The number of nitrogens with zero attached hydrogens (tertiary/aromatic N) is 1. The van der Waals surface area contributed by atoms with Crippen LogP contribution >= 0.6 is 12.2 Å². The van der Waals surface area contributed by atoms with Gasteiger partial charge in [-0.1, -0.05) is 48.6 Å². The number of hydrogen-bond donors (Lipinski definition) is 2. The Hall–Kier alpha value is -2.66. The van der Waals surface area contributed by atoms with Gasteiger partial charge in [-0.15, -0.1) is 0 Å². The Kier molecular flexibility index (Phi) is 4.20. The van der Waals surface area contributed by atoms with Crippen LogP contribution in [0, 0.1) is 5.92 Å². The number of thiocarbonyl (C=S) groups is 1. The number of carbonyl (C=O) groups is 1. The quantitative estimate of drug-likeness (QED) is 0.667. The van der Waals surface area contributed by atoms with Crippen LogP contribution < -0.4 is 10.2 Å². The van der Waals surface area contributed by atoms with Gasteiger partial charge in [0, 0.05) is 42.3 Å². The molecule has 1 amide bonds. The molecule has 1 fully saturated rings. The fourth-order valence-corrected chi connectivity index (χ4v) is 5.22. The lowest BCUT2D eigenvalue weighted by Crippen LogP contribution is -2.27. The molecule has 2 aliphatic heterocycles. The molecule has 5 heteroatoms. The lowest BCUT2D eigenvalue weighted by Gasteiger charge is -2.31. The van der Waals surface area contributed by atoms with Crippen molar-refractivity contribution in [3.8, 4) is 0 Å². The van der Waals surface area contributed by atoms with Crippen LogP contribution in [0.3, 0.4) is 0 Å². The molecular weight excluding hydrogens is 366 g/mol. The maximum absolute atomic E-state index is 12.9. The Balaban J connectivity index is 1.56. The van der Waals surface area contributed by atoms with Gasteiger partial charge < -0.3 is 15.2 Å². The van der Waals surface area contributed by atoms with Gasteiger partial charge in [0.15, 0.2) is 0 Å². The number of aromatic amines is 1. The number of carbonyl (C=O) groups excluding carboxylic acids is 1. The van der Waals surface area contributed by atoms with E-state index in [-0.39, 0.29) is 17.7 Å². The van der Waals surface area contributed by atoms with E-state index in [1.807, 2.05) is 24.4 Å². The standard InChI is InChI=1S/C23H23N3OS/c1-26-11-5-8-14-6-4-7-15(21(14)26)12-17-20(22(27)25-23(17)28)18-13-24-19-10-3-2-9-16(18)19/h2-4,6-7,9-10,13,17,20,24H,5,8,11-12H2,1H3,(H,25,27,28)/t17-,20+/m1/s1. The molecule has 1 saturated heterocycles. The maximum atomic E-state index is 12.9. The number of H-pyrrole nitrogens is 1. The third kappa shape index (κ3) is 2.73. The zero-order chi connectivity index (χ0) is 19.3. The fourth-order valence-electron chi connectivity index (χ4n) is 4.90. The first-order chi connectivity index (χ1) is 13.6. The molecule has 3 aromatic rings. The highest BCUT2D eigenvalue weighted by atomic mass is 32.1. The van der Waals surface area contributed by atoms with Crippen molar-refractivity contribution in [2.45, 2.75) is 25.2 Å². The third-order valence-corrected chi connectivity index (χ3v) is 6.59. The molecule has 0 saturated carbocycles. The molecule has 0 radical (unpaired) electrons. The fraction of sp³-hybridized carbons (Fsp3) is 0.304. The zero-order valence-corrected chi connectivity index (χ0v) is 16.7. The molecular formula is C23H23N3OS. The van der Waals surface area contributed by atoms with E-state index in [0.29, 0.717) is 4.99 Å². The van der Waals surface area contributed by atoms with Crippen LogP contribution in [0.1, 0.15) is 29.0 Å². The number of para-hydroxylation sites is 2. The summed E-state index contributed by atoms with van der Waals surface area (Å²) in [5, 5.41) is 4.05. The highest BCUT2D eigenvalue weighted by molar-refractivity contribution is 7.80. The molecule has 142 valence electrons. The average Bonchev–Trinajstić information content (AvgIpc) is 3.22. The van der Waals surface area contributed by atoms with Crippen molar-refractivity contribution in [1.29, 1.82) is 0 Å². The van der Waals surface area contributed by atoms with Crippen molar-refractivity contribution in [3.63, 3.8) is 0 Å². The minimum Gasteiger partial charge on any atom is -0.374 e. The van der Waals surface area contributed by atoms with Crippen LogP contribution in [0.2, 0.25) is 0 Å². The summed E-state index contributed by atoms with van der Waals surface area (Å²) in [6.07, 6.45) is 5.05. The molecule has 0 unspecified atom stereocenters. The van der Waals surface area contributed by atoms with Gasteiger partial charge in [0.25, 0.3) is 0 Å². The smallest absolute Gasteiger partial charge is 0.233 e. The third-order valence-electron chi connectivity index (χ3n) is 6.19. The maximum Gasteiger partial charge on any atom is 0.233 e. The highest BCUT2D eigenvalue weighted by Crippen LogP contribution is 2.39. The van der Waals surface area contributed by atoms with Crippen LogP contribution in [0.5, 0.6) is 0 Å². The summed E-state index contributed by atoms with van der Waals surface area (Å²) >= 11 is 5.62. The molecule has 0 aliphatic carbocycles. The van der Waals surface area contributed by atoms with Gasteiger partial charge in [0.1, 0.15) is 0 Å². The number of amides is 1. The first kappa shape index (κ1) is 17.4. The van der Waals surface area contributed by atoms with Crippen molar-refractivity contribution in [1.82, 2.24) is 10.3 Å². The lowest BCUT2D eigenvalue weighted by molar-refractivity contribution is -0.120. The number of aromatic nitrogens is 1. The van der Waals surface area contributed by atoms with E-state index < -0.39 is 0 Å². The molecule has 1 aromatic heterocycles. The summed E-state index contributed by atoms with van der Waals surface area (Å²) < 4.78 is 0. The number of fused-ring (bicyclic) bond motifs is 2. The van der Waals surface area contributed by atoms with E-state index in [9.17, 15) is 4.79 Å². The Morgan fingerprint density at radius 2 is 2.04 bits per heavy atom. The second-order valence-corrected chi connectivity index (χ2v) is 8.32. The first-order valence-electron chi connectivity index (χ1n) is 9.86. The molecule has 0 spiro atoms. The number of nitrogens with one attached hydrogen (secondary N) is 2. The predicted molar refractivity (Wildman–Crippen MR) is 117 cm³/mol. The van der Waals surface area contributed by atoms with E-state index in [0.717, 1.165) is 35.9 Å². The van der Waals surface area contributed by atoms with Gasteiger partial charge in [-0.25, -0.2) is 0 Å². The zero-order valence-electron chi connectivity index (χ0n) is 15.9. The lowest BCUT2D eigenvalue weighted by atomic mass is 9.83. The molecule has 5 rings (SSSR count). The number of anilines is 1. The Morgan fingerprint density at radius 1 is 1.18 bits per heavy atom. The number of benzene rings is 2. The van der Waals surface area contributed by atoms with E-state index in [1.54, 1.807) is 0 Å². The van der Waals surface area contributed by atoms with E-state index >= 15 is 0 Å². The second kappa shape index (κ2) is 6.74. The van der Waals surface area contributed by atoms with Gasteiger partial charge in [0.2, 0.25) is 5.91 Å². The molecule has 3 heterocycles. The van der Waals surface area contributed by atoms with Crippen molar-refractivity contribution in [2.24, 2.45) is 5.92 Å². The minimum absolute atomic E-state index is 0.0120. The summed E-state index contributed by atoms with van der Waals surface area (Å²) in [7, 11) is 2.16. The summed E-state index contributed by atoms with van der Waals surface area (Å²) in [5.41, 5.74) is 6.11. The molecule has 28 heavy (non-hydrogen) atoms. The van der Waals surface area contributed by atoms with Crippen LogP contribution in [0.25, 0.3) is 10.9 Å². The summed E-state index contributed by atoms with van der Waals surface area (Å²) in [6, 6.07) is 14.7. The van der Waals surface area contributed by atoms with Crippen LogP contribution in [0.4, 0.5) is 5.69 Å². The van der Waals surface area contributed by atoms with Crippen molar-refractivity contribution in [2.75, 3.05) is 18.5 Å². The van der Waals surface area contributed by atoms with E-state index in [2.05, 4.69) is 46.5 Å².